The summed E-state index contributed by atoms with van der Waals surface area (Å²) >= 11 is 0. The van der Waals surface area contributed by atoms with E-state index in [9.17, 15) is 18.8 Å². The maximum atomic E-state index is 13.3. The maximum Gasteiger partial charge on any atom is 0.306 e. The lowest BCUT2D eigenvalue weighted by Gasteiger charge is -2.13. The van der Waals surface area contributed by atoms with Crippen molar-refractivity contribution in [2.24, 2.45) is 5.92 Å². The zero-order chi connectivity index (χ0) is 16.6. The zero-order valence-corrected chi connectivity index (χ0v) is 12.1. The van der Waals surface area contributed by atoms with Crippen molar-refractivity contribution >= 4 is 22.8 Å². The molecule has 3 N–H and O–H groups in total. The van der Waals surface area contributed by atoms with Crippen LogP contribution in [-0.2, 0) is 4.79 Å². The number of amides is 1. The Balaban J connectivity index is 1.87. The molecule has 1 heterocycles. The summed E-state index contributed by atoms with van der Waals surface area (Å²) in [6.07, 6.45) is 1.47. The number of fused-ring (bicyclic) bond motifs is 1. The van der Waals surface area contributed by atoms with Crippen LogP contribution in [0.5, 0.6) is 0 Å². The summed E-state index contributed by atoms with van der Waals surface area (Å²) in [5, 5.41) is 12.2. The van der Waals surface area contributed by atoms with Gasteiger partial charge in [-0.3, -0.25) is 14.4 Å². The van der Waals surface area contributed by atoms with E-state index < -0.39 is 29.2 Å². The number of carbonyl (C=O) groups excluding carboxylic acids is 1. The van der Waals surface area contributed by atoms with Crippen LogP contribution in [0.25, 0.3) is 10.9 Å². The summed E-state index contributed by atoms with van der Waals surface area (Å²) in [6.45, 7) is 0. The Bertz CT molecular complexity index is 846. The van der Waals surface area contributed by atoms with Gasteiger partial charge >= 0.3 is 5.97 Å². The molecule has 1 fully saturated rings. The number of benzene rings is 1. The highest BCUT2D eigenvalue weighted by atomic mass is 19.1. The van der Waals surface area contributed by atoms with E-state index in [4.69, 9.17) is 5.11 Å². The number of aromatic amines is 1. The quantitative estimate of drug-likeness (QED) is 0.801. The molecule has 1 aromatic carbocycles. The summed E-state index contributed by atoms with van der Waals surface area (Å²) in [4.78, 5) is 37.5. The standard InChI is InChI=1S/C16H15FN2O4/c17-9-2-4-11-12(7-14(20)19-13(11)6-9)15(21)18-10-3-1-8(5-10)16(22)23/h2,4,6-8,10H,1,3,5H2,(H,18,21)(H,19,20)(H,22,23)/t8-,10+/m1/s1. The summed E-state index contributed by atoms with van der Waals surface area (Å²) < 4.78 is 13.3. The van der Waals surface area contributed by atoms with Gasteiger partial charge in [-0.1, -0.05) is 0 Å². The maximum absolute atomic E-state index is 13.3. The normalized spacial score (nSPS) is 20.6. The lowest BCUT2D eigenvalue weighted by Crippen LogP contribution is -2.34. The summed E-state index contributed by atoms with van der Waals surface area (Å²) in [7, 11) is 0. The van der Waals surface area contributed by atoms with Gasteiger partial charge in [-0.25, -0.2) is 4.39 Å². The lowest BCUT2D eigenvalue weighted by molar-refractivity contribution is -0.141. The minimum Gasteiger partial charge on any atom is -0.481 e. The third-order valence-corrected chi connectivity index (χ3v) is 4.17. The van der Waals surface area contributed by atoms with E-state index in [-0.39, 0.29) is 17.1 Å². The van der Waals surface area contributed by atoms with Crippen LogP contribution in [0.4, 0.5) is 4.39 Å². The number of nitrogens with one attached hydrogen (secondary N) is 2. The topological polar surface area (TPSA) is 99.3 Å². The SMILES string of the molecule is O=C(N[C@H]1CC[C@@H](C(=O)O)C1)c1cc(=O)[nH]c2cc(F)ccc12. The van der Waals surface area contributed by atoms with Gasteiger partial charge < -0.3 is 15.4 Å². The molecule has 0 bridgehead atoms. The van der Waals surface area contributed by atoms with Gasteiger partial charge in [0.15, 0.2) is 0 Å². The largest absolute Gasteiger partial charge is 0.481 e. The zero-order valence-electron chi connectivity index (χ0n) is 12.1. The van der Waals surface area contributed by atoms with Crippen molar-refractivity contribution in [3.63, 3.8) is 0 Å². The molecule has 7 heteroatoms. The molecule has 0 radical (unpaired) electrons. The molecule has 120 valence electrons. The van der Waals surface area contributed by atoms with Gasteiger partial charge in [0.05, 0.1) is 17.0 Å². The Hall–Kier alpha value is -2.70. The van der Waals surface area contributed by atoms with Crippen LogP contribution in [0.1, 0.15) is 29.6 Å². The van der Waals surface area contributed by atoms with Crippen molar-refractivity contribution in [2.75, 3.05) is 0 Å². The average molecular weight is 318 g/mol. The number of hydrogen-bond donors (Lipinski definition) is 3. The van der Waals surface area contributed by atoms with Gasteiger partial charge in [0.2, 0.25) is 5.56 Å². The van der Waals surface area contributed by atoms with Crippen molar-refractivity contribution in [1.82, 2.24) is 10.3 Å². The molecule has 0 aliphatic heterocycles. The van der Waals surface area contributed by atoms with E-state index in [1.807, 2.05) is 0 Å². The Kier molecular flexibility index (Phi) is 3.85. The van der Waals surface area contributed by atoms with E-state index in [1.54, 1.807) is 0 Å². The highest BCUT2D eigenvalue weighted by molar-refractivity contribution is 6.06. The van der Waals surface area contributed by atoms with E-state index in [0.717, 1.165) is 6.07 Å². The fourth-order valence-corrected chi connectivity index (χ4v) is 3.02. The average Bonchev–Trinajstić information content (AvgIpc) is 2.94. The second-order valence-electron chi connectivity index (χ2n) is 5.76. The van der Waals surface area contributed by atoms with Gasteiger partial charge in [0, 0.05) is 17.5 Å². The molecule has 23 heavy (non-hydrogen) atoms. The third-order valence-electron chi connectivity index (χ3n) is 4.17. The van der Waals surface area contributed by atoms with Crippen LogP contribution >= 0.6 is 0 Å². The molecule has 1 aromatic heterocycles. The van der Waals surface area contributed by atoms with Gasteiger partial charge in [0.25, 0.3) is 5.91 Å². The molecule has 2 atom stereocenters. The van der Waals surface area contributed by atoms with Gasteiger partial charge in [-0.05, 0) is 37.5 Å². The van der Waals surface area contributed by atoms with Crippen LogP contribution in [0.2, 0.25) is 0 Å². The van der Waals surface area contributed by atoms with Crippen molar-refractivity contribution in [3.8, 4) is 0 Å². The lowest BCUT2D eigenvalue weighted by atomic mass is 10.1. The number of carboxylic acid groups (broad SMARTS) is 1. The molecule has 1 aliphatic rings. The summed E-state index contributed by atoms with van der Waals surface area (Å²) in [5.74, 6) is -2.28. The first-order valence-corrected chi connectivity index (χ1v) is 7.30. The molecule has 1 aliphatic carbocycles. The molecule has 2 aromatic rings. The predicted molar refractivity (Wildman–Crippen MR) is 80.8 cm³/mol. The van der Waals surface area contributed by atoms with E-state index in [1.165, 1.54) is 18.2 Å². The van der Waals surface area contributed by atoms with Gasteiger partial charge in [-0.15, -0.1) is 0 Å². The van der Waals surface area contributed by atoms with Crippen molar-refractivity contribution in [2.45, 2.75) is 25.3 Å². The van der Waals surface area contributed by atoms with Crippen LogP contribution in [-0.4, -0.2) is 28.0 Å². The minimum absolute atomic E-state index is 0.155. The Morgan fingerprint density at radius 2 is 2.04 bits per heavy atom. The summed E-state index contributed by atoms with van der Waals surface area (Å²) in [6, 6.07) is 4.74. The molecule has 1 amide bonds. The molecule has 1 saturated carbocycles. The number of pyridine rings is 1. The van der Waals surface area contributed by atoms with Crippen molar-refractivity contribution in [3.05, 3.63) is 46.0 Å². The van der Waals surface area contributed by atoms with Crippen LogP contribution in [0.15, 0.2) is 29.1 Å². The van der Waals surface area contributed by atoms with Crippen LogP contribution in [0.3, 0.4) is 0 Å². The highest BCUT2D eigenvalue weighted by Gasteiger charge is 2.31. The van der Waals surface area contributed by atoms with Crippen molar-refractivity contribution in [1.29, 1.82) is 0 Å². The Morgan fingerprint density at radius 1 is 1.26 bits per heavy atom. The molecule has 0 unspecified atom stereocenters. The number of hydrogen-bond acceptors (Lipinski definition) is 3. The van der Waals surface area contributed by atoms with Gasteiger partial charge in [0.1, 0.15) is 5.82 Å². The third kappa shape index (κ3) is 3.08. The second kappa shape index (κ2) is 5.83. The fraction of sp³-hybridized carbons (Fsp3) is 0.312. The minimum atomic E-state index is -0.862. The molecule has 3 rings (SSSR count). The molecule has 0 saturated heterocycles. The van der Waals surface area contributed by atoms with E-state index in [0.29, 0.717) is 24.6 Å². The first-order valence-electron chi connectivity index (χ1n) is 7.30. The first-order chi connectivity index (χ1) is 10.9. The number of carboxylic acids is 1. The number of aromatic nitrogens is 1. The van der Waals surface area contributed by atoms with E-state index >= 15 is 0 Å². The Labute approximate surface area is 130 Å². The molecular weight excluding hydrogens is 303 g/mol. The monoisotopic (exact) mass is 318 g/mol. The summed E-state index contributed by atoms with van der Waals surface area (Å²) in [5.41, 5.74) is -0.0944. The number of H-pyrrole nitrogens is 1. The number of halogens is 1. The Morgan fingerprint density at radius 3 is 2.74 bits per heavy atom. The van der Waals surface area contributed by atoms with Gasteiger partial charge in [-0.2, -0.15) is 0 Å². The second-order valence-corrected chi connectivity index (χ2v) is 5.76. The fourth-order valence-electron chi connectivity index (χ4n) is 3.02. The molecule has 0 spiro atoms. The number of aliphatic carboxylic acids is 1. The predicted octanol–water partition coefficient (Wildman–Crippen LogP) is 1.65. The molecular formula is C16H15FN2O4. The van der Waals surface area contributed by atoms with E-state index in [2.05, 4.69) is 10.3 Å². The number of carbonyl (C=O) groups is 2. The molecule has 6 nitrogen and oxygen atoms in total. The van der Waals surface area contributed by atoms with Crippen LogP contribution in [0, 0.1) is 11.7 Å². The first kappa shape index (κ1) is 15.2. The highest BCUT2D eigenvalue weighted by Crippen LogP contribution is 2.26. The number of rotatable bonds is 3. The smallest absolute Gasteiger partial charge is 0.306 e. The van der Waals surface area contributed by atoms with Crippen molar-refractivity contribution < 1.29 is 19.1 Å². The van der Waals surface area contributed by atoms with Crippen LogP contribution < -0.4 is 10.9 Å².